The second kappa shape index (κ2) is 8.99. The summed E-state index contributed by atoms with van der Waals surface area (Å²) in [5, 5.41) is 0.713. The van der Waals surface area contributed by atoms with Crippen LogP contribution in [0.2, 0.25) is 0 Å². The quantitative estimate of drug-likeness (QED) is 0.453. The van der Waals surface area contributed by atoms with Gasteiger partial charge in [-0.25, -0.2) is 4.98 Å². The van der Waals surface area contributed by atoms with Gasteiger partial charge in [0.2, 0.25) is 0 Å². The number of carbonyl (C=O) groups is 1. The summed E-state index contributed by atoms with van der Waals surface area (Å²) in [4.78, 5) is 21.8. The minimum Gasteiger partial charge on any atom is -0.494 e. The predicted octanol–water partition coefficient (Wildman–Crippen LogP) is 4.51. The van der Waals surface area contributed by atoms with E-state index in [0.29, 0.717) is 23.8 Å². The summed E-state index contributed by atoms with van der Waals surface area (Å²) in [5.41, 5.74) is 1.58. The van der Waals surface area contributed by atoms with Crippen LogP contribution in [0.3, 0.4) is 0 Å². The minimum atomic E-state index is -0.0223. The van der Waals surface area contributed by atoms with Gasteiger partial charge in [0, 0.05) is 16.7 Å². The number of halogens is 1. The van der Waals surface area contributed by atoms with Crippen LogP contribution in [0.15, 0.2) is 42.5 Å². The number of amides is 1. The molecule has 2 aromatic carbocycles. The normalized spacial score (nSPS) is 11.1. The second-order valence-corrected chi connectivity index (χ2v) is 8.47. The SMILES string of the molecule is CCOc1ccc2nc(N(CCN(C)C)C(=O)c3ccccc3I)sc2c1. The topological polar surface area (TPSA) is 45.7 Å². The van der Waals surface area contributed by atoms with E-state index in [9.17, 15) is 4.79 Å². The molecule has 7 heteroatoms. The first-order valence-electron chi connectivity index (χ1n) is 8.74. The van der Waals surface area contributed by atoms with Crippen LogP contribution in [0.25, 0.3) is 10.2 Å². The second-order valence-electron chi connectivity index (χ2n) is 6.30. The summed E-state index contributed by atoms with van der Waals surface area (Å²) >= 11 is 3.73. The van der Waals surface area contributed by atoms with Crippen molar-refractivity contribution in [1.29, 1.82) is 0 Å². The molecular weight excluding hydrogens is 473 g/mol. The van der Waals surface area contributed by atoms with Crippen molar-refractivity contribution in [2.75, 3.05) is 38.7 Å². The lowest BCUT2D eigenvalue weighted by Crippen LogP contribution is -2.37. The Bertz CT molecular complexity index is 942. The third kappa shape index (κ3) is 4.77. The highest BCUT2D eigenvalue weighted by Gasteiger charge is 2.23. The number of likely N-dealkylation sites (N-methyl/N-ethyl adjacent to an activating group) is 1. The maximum atomic E-state index is 13.3. The van der Waals surface area contributed by atoms with Gasteiger partial charge < -0.3 is 9.64 Å². The van der Waals surface area contributed by atoms with Crippen molar-refractivity contribution in [2.45, 2.75) is 6.92 Å². The minimum absolute atomic E-state index is 0.0223. The number of nitrogens with zero attached hydrogens (tertiary/aromatic N) is 3. The smallest absolute Gasteiger partial charge is 0.261 e. The highest BCUT2D eigenvalue weighted by molar-refractivity contribution is 14.1. The van der Waals surface area contributed by atoms with E-state index in [1.54, 1.807) is 4.90 Å². The molecule has 0 saturated carbocycles. The Morgan fingerprint density at radius 2 is 1.96 bits per heavy atom. The fourth-order valence-corrected chi connectivity index (χ4v) is 4.27. The summed E-state index contributed by atoms with van der Waals surface area (Å²) in [6.07, 6.45) is 0. The van der Waals surface area contributed by atoms with Gasteiger partial charge in [-0.1, -0.05) is 23.5 Å². The third-order valence-corrected chi connectivity index (χ3v) is 5.99. The number of aromatic nitrogens is 1. The fraction of sp³-hybridized carbons (Fsp3) is 0.300. The molecule has 0 aliphatic carbocycles. The van der Waals surface area contributed by atoms with Crippen LogP contribution in [0.5, 0.6) is 5.75 Å². The number of carbonyl (C=O) groups excluding carboxylic acids is 1. The van der Waals surface area contributed by atoms with Gasteiger partial charge in [0.1, 0.15) is 5.75 Å². The Morgan fingerprint density at radius 1 is 1.19 bits per heavy atom. The molecule has 1 aromatic heterocycles. The van der Waals surface area contributed by atoms with Gasteiger partial charge in [-0.2, -0.15) is 0 Å². The molecule has 1 heterocycles. The molecule has 0 fully saturated rings. The van der Waals surface area contributed by atoms with E-state index in [4.69, 9.17) is 9.72 Å². The Hall–Kier alpha value is -1.71. The summed E-state index contributed by atoms with van der Waals surface area (Å²) in [7, 11) is 4.00. The van der Waals surface area contributed by atoms with Crippen LogP contribution < -0.4 is 9.64 Å². The van der Waals surface area contributed by atoms with E-state index in [1.807, 2.05) is 63.5 Å². The van der Waals surface area contributed by atoms with E-state index >= 15 is 0 Å². The number of benzene rings is 2. The van der Waals surface area contributed by atoms with E-state index in [-0.39, 0.29) is 5.91 Å². The molecule has 0 bridgehead atoms. The lowest BCUT2D eigenvalue weighted by Gasteiger charge is -2.22. The van der Waals surface area contributed by atoms with Crippen LogP contribution in [0, 0.1) is 3.57 Å². The van der Waals surface area contributed by atoms with Gasteiger partial charge in [0.05, 0.1) is 22.4 Å². The highest BCUT2D eigenvalue weighted by atomic mass is 127. The van der Waals surface area contributed by atoms with Crippen LogP contribution in [-0.2, 0) is 0 Å². The number of rotatable bonds is 7. The largest absolute Gasteiger partial charge is 0.494 e. The molecular formula is C20H22IN3O2S. The van der Waals surface area contributed by atoms with E-state index in [0.717, 1.165) is 26.1 Å². The highest BCUT2D eigenvalue weighted by Crippen LogP contribution is 2.32. The van der Waals surface area contributed by atoms with Crippen molar-refractivity contribution in [2.24, 2.45) is 0 Å². The summed E-state index contributed by atoms with van der Waals surface area (Å²) in [5.74, 6) is 0.801. The monoisotopic (exact) mass is 495 g/mol. The maximum absolute atomic E-state index is 13.3. The molecule has 142 valence electrons. The Labute approximate surface area is 177 Å². The molecule has 0 radical (unpaired) electrons. The first kappa shape index (κ1) is 20.0. The lowest BCUT2D eigenvalue weighted by molar-refractivity contribution is 0.0984. The maximum Gasteiger partial charge on any atom is 0.261 e. The van der Waals surface area contributed by atoms with Gasteiger partial charge >= 0.3 is 0 Å². The van der Waals surface area contributed by atoms with Gasteiger partial charge in [0.25, 0.3) is 5.91 Å². The Kier molecular flexibility index (Phi) is 6.67. The van der Waals surface area contributed by atoms with Gasteiger partial charge in [0.15, 0.2) is 5.13 Å². The van der Waals surface area contributed by atoms with Crippen molar-refractivity contribution < 1.29 is 9.53 Å². The average molecular weight is 495 g/mol. The molecule has 5 nitrogen and oxygen atoms in total. The molecule has 3 aromatic rings. The molecule has 0 aliphatic rings. The first-order chi connectivity index (χ1) is 13.0. The molecule has 0 atom stereocenters. The van der Waals surface area contributed by atoms with Crippen LogP contribution in [0.1, 0.15) is 17.3 Å². The van der Waals surface area contributed by atoms with Crippen molar-refractivity contribution in [1.82, 2.24) is 9.88 Å². The van der Waals surface area contributed by atoms with Crippen LogP contribution >= 0.6 is 33.9 Å². The van der Waals surface area contributed by atoms with Crippen molar-refractivity contribution in [3.05, 3.63) is 51.6 Å². The molecule has 1 amide bonds. The molecule has 3 rings (SSSR count). The number of hydrogen-bond acceptors (Lipinski definition) is 5. The summed E-state index contributed by atoms with van der Waals surface area (Å²) in [6, 6.07) is 13.5. The molecule has 0 aliphatic heterocycles. The number of anilines is 1. The zero-order valence-electron chi connectivity index (χ0n) is 15.6. The van der Waals surface area contributed by atoms with E-state index in [2.05, 4.69) is 27.5 Å². The van der Waals surface area contributed by atoms with Crippen molar-refractivity contribution in [3.63, 3.8) is 0 Å². The zero-order chi connectivity index (χ0) is 19.4. The Balaban J connectivity index is 1.98. The zero-order valence-corrected chi connectivity index (χ0v) is 18.6. The molecule has 0 unspecified atom stereocenters. The first-order valence-corrected chi connectivity index (χ1v) is 10.6. The van der Waals surface area contributed by atoms with Gasteiger partial charge in [-0.3, -0.25) is 9.69 Å². The van der Waals surface area contributed by atoms with Crippen molar-refractivity contribution >= 4 is 55.2 Å². The van der Waals surface area contributed by atoms with Gasteiger partial charge in [-0.05, 0) is 73.9 Å². The standard InChI is InChI=1S/C20H22IN3O2S/c1-4-26-14-9-10-17-18(13-14)27-20(22-17)24(12-11-23(2)3)19(25)15-7-5-6-8-16(15)21/h5-10,13H,4,11-12H2,1-3H3. The average Bonchev–Trinajstić information content (AvgIpc) is 3.05. The summed E-state index contributed by atoms with van der Waals surface area (Å²) < 4.78 is 7.54. The predicted molar refractivity (Wildman–Crippen MR) is 120 cm³/mol. The summed E-state index contributed by atoms with van der Waals surface area (Å²) in [6.45, 7) is 3.92. The lowest BCUT2D eigenvalue weighted by atomic mass is 10.2. The van der Waals surface area contributed by atoms with Crippen molar-refractivity contribution in [3.8, 4) is 5.75 Å². The van der Waals surface area contributed by atoms with Gasteiger partial charge in [-0.15, -0.1) is 0 Å². The number of hydrogen-bond donors (Lipinski definition) is 0. The van der Waals surface area contributed by atoms with Crippen LogP contribution in [-0.4, -0.2) is 49.6 Å². The van der Waals surface area contributed by atoms with Crippen LogP contribution in [0.4, 0.5) is 5.13 Å². The van der Waals surface area contributed by atoms with E-state index < -0.39 is 0 Å². The number of ether oxygens (including phenoxy) is 1. The fourth-order valence-electron chi connectivity index (χ4n) is 2.63. The molecule has 27 heavy (non-hydrogen) atoms. The molecule has 0 N–H and O–H groups in total. The molecule has 0 saturated heterocycles. The number of fused-ring (bicyclic) bond motifs is 1. The molecule has 0 spiro atoms. The van der Waals surface area contributed by atoms with E-state index in [1.165, 1.54) is 11.3 Å². The number of thiazole rings is 1. The third-order valence-electron chi connectivity index (χ3n) is 4.01. The Morgan fingerprint density at radius 3 is 2.67 bits per heavy atom.